The number of ketones is 1. The molecule has 0 atom stereocenters. The first-order chi connectivity index (χ1) is 10.2. The lowest BCUT2D eigenvalue weighted by Gasteiger charge is -2.05. The maximum absolute atomic E-state index is 12.3. The molecule has 106 valence electrons. The Balaban J connectivity index is 1.85. The number of phenols is 1. The molecule has 0 radical (unpaired) electrons. The molecule has 0 spiro atoms. The summed E-state index contributed by atoms with van der Waals surface area (Å²) >= 11 is 1.61. The summed E-state index contributed by atoms with van der Waals surface area (Å²) in [6, 6.07) is 14.8. The highest BCUT2D eigenvalue weighted by atomic mass is 32.1. The van der Waals surface area contributed by atoms with Gasteiger partial charge in [0.05, 0.1) is 12.7 Å². The number of hydrogen-bond donors (Lipinski definition) is 1. The molecule has 1 heterocycles. The van der Waals surface area contributed by atoms with E-state index >= 15 is 0 Å². The van der Waals surface area contributed by atoms with Gasteiger partial charge < -0.3 is 9.84 Å². The first-order valence-electron chi connectivity index (χ1n) is 6.55. The molecule has 3 rings (SSSR count). The van der Waals surface area contributed by atoms with E-state index in [0.717, 1.165) is 10.3 Å². The third-order valence-electron chi connectivity index (χ3n) is 3.32. The second kappa shape index (κ2) is 5.58. The number of aromatic hydroxyl groups is 1. The summed E-state index contributed by atoms with van der Waals surface area (Å²) in [5, 5.41) is 11.1. The fourth-order valence-corrected chi connectivity index (χ4v) is 3.31. The molecule has 1 N–H and O–H groups in total. The van der Waals surface area contributed by atoms with Crippen LogP contribution in [0, 0.1) is 0 Å². The number of hydrogen-bond acceptors (Lipinski definition) is 4. The van der Waals surface area contributed by atoms with Crippen LogP contribution in [0.15, 0.2) is 48.5 Å². The first-order valence-corrected chi connectivity index (χ1v) is 7.36. The van der Waals surface area contributed by atoms with Gasteiger partial charge >= 0.3 is 0 Å². The summed E-state index contributed by atoms with van der Waals surface area (Å²) < 4.78 is 6.18. The van der Waals surface area contributed by atoms with Gasteiger partial charge in [-0.15, -0.1) is 11.3 Å². The van der Waals surface area contributed by atoms with E-state index in [9.17, 15) is 9.90 Å². The molecule has 0 aliphatic rings. The zero-order chi connectivity index (χ0) is 14.8. The van der Waals surface area contributed by atoms with Crippen molar-refractivity contribution in [2.24, 2.45) is 0 Å². The van der Waals surface area contributed by atoms with Crippen molar-refractivity contribution in [1.82, 2.24) is 0 Å². The van der Waals surface area contributed by atoms with Gasteiger partial charge in [0.15, 0.2) is 5.78 Å². The van der Waals surface area contributed by atoms with Gasteiger partial charge in [0.1, 0.15) is 11.5 Å². The van der Waals surface area contributed by atoms with Crippen LogP contribution >= 0.6 is 11.3 Å². The normalized spacial score (nSPS) is 10.7. The third kappa shape index (κ3) is 2.76. The van der Waals surface area contributed by atoms with Crippen LogP contribution in [0.4, 0.5) is 0 Å². The van der Waals surface area contributed by atoms with Crippen molar-refractivity contribution in [2.75, 3.05) is 7.11 Å². The number of rotatable bonds is 4. The summed E-state index contributed by atoms with van der Waals surface area (Å²) in [7, 11) is 1.52. The SMILES string of the molecule is COc1ccc(C(=O)Cc2cc3ccccc3s2)c(O)c1. The molecule has 1 aromatic heterocycles. The molecule has 3 aromatic rings. The molecule has 2 aromatic carbocycles. The Labute approximate surface area is 126 Å². The molecule has 0 aliphatic carbocycles. The fraction of sp³-hybridized carbons (Fsp3) is 0.118. The molecule has 3 nitrogen and oxygen atoms in total. The zero-order valence-corrected chi connectivity index (χ0v) is 12.3. The maximum Gasteiger partial charge on any atom is 0.171 e. The topological polar surface area (TPSA) is 46.5 Å². The highest BCUT2D eigenvalue weighted by molar-refractivity contribution is 7.19. The molecule has 0 fully saturated rings. The second-order valence-corrected chi connectivity index (χ2v) is 5.90. The predicted octanol–water partition coefficient (Wildman–Crippen LogP) is 4.04. The average Bonchev–Trinajstić information content (AvgIpc) is 2.88. The van der Waals surface area contributed by atoms with E-state index in [1.165, 1.54) is 17.9 Å². The number of benzene rings is 2. The van der Waals surface area contributed by atoms with Crippen LogP contribution in [-0.4, -0.2) is 18.0 Å². The number of phenolic OH excluding ortho intramolecular Hbond substituents is 1. The Morgan fingerprint density at radius 3 is 2.71 bits per heavy atom. The lowest BCUT2D eigenvalue weighted by atomic mass is 10.1. The van der Waals surface area contributed by atoms with Crippen LogP contribution in [0.2, 0.25) is 0 Å². The van der Waals surface area contributed by atoms with E-state index in [2.05, 4.69) is 0 Å². The van der Waals surface area contributed by atoms with E-state index in [1.54, 1.807) is 23.5 Å². The lowest BCUT2D eigenvalue weighted by molar-refractivity contribution is 0.0991. The molecule has 0 aliphatic heterocycles. The van der Waals surface area contributed by atoms with Gasteiger partial charge in [0.25, 0.3) is 0 Å². The minimum Gasteiger partial charge on any atom is -0.507 e. The molecule has 4 heteroatoms. The molecular weight excluding hydrogens is 284 g/mol. The van der Waals surface area contributed by atoms with Gasteiger partial charge in [-0.2, -0.15) is 0 Å². The van der Waals surface area contributed by atoms with Crippen LogP contribution in [0.3, 0.4) is 0 Å². The van der Waals surface area contributed by atoms with Crippen LogP contribution in [0.5, 0.6) is 11.5 Å². The van der Waals surface area contributed by atoms with Crippen molar-refractivity contribution in [3.8, 4) is 11.5 Å². The molecule has 0 saturated carbocycles. The van der Waals surface area contributed by atoms with Gasteiger partial charge in [-0.1, -0.05) is 18.2 Å². The van der Waals surface area contributed by atoms with Crippen molar-refractivity contribution in [1.29, 1.82) is 0 Å². The van der Waals surface area contributed by atoms with Crippen molar-refractivity contribution in [3.63, 3.8) is 0 Å². The minimum absolute atomic E-state index is 0.0412. The van der Waals surface area contributed by atoms with Crippen molar-refractivity contribution in [3.05, 3.63) is 59.0 Å². The Hall–Kier alpha value is -2.33. The maximum atomic E-state index is 12.3. The van der Waals surface area contributed by atoms with Crippen molar-refractivity contribution >= 4 is 27.2 Å². The number of carbonyl (C=O) groups excluding carboxylic acids is 1. The number of ether oxygens (including phenoxy) is 1. The lowest BCUT2D eigenvalue weighted by Crippen LogP contribution is -2.02. The molecule has 0 saturated heterocycles. The monoisotopic (exact) mass is 298 g/mol. The smallest absolute Gasteiger partial charge is 0.171 e. The number of fused-ring (bicyclic) bond motifs is 1. The fourth-order valence-electron chi connectivity index (χ4n) is 2.25. The summed E-state index contributed by atoms with van der Waals surface area (Å²) in [6.07, 6.45) is 0.291. The van der Waals surface area contributed by atoms with Gasteiger partial charge in [-0.05, 0) is 29.7 Å². The number of carbonyl (C=O) groups is 1. The van der Waals surface area contributed by atoms with Crippen LogP contribution in [-0.2, 0) is 6.42 Å². The van der Waals surface area contributed by atoms with Crippen LogP contribution < -0.4 is 4.74 Å². The number of Topliss-reactive ketones (excluding diaryl/α,β-unsaturated/α-hetero) is 1. The van der Waals surface area contributed by atoms with Gasteiger partial charge in [-0.25, -0.2) is 0 Å². The highest BCUT2D eigenvalue weighted by Crippen LogP contribution is 2.28. The molecule has 0 bridgehead atoms. The van der Waals surface area contributed by atoms with E-state index in [4.69, 9.17) is 4.74 Å². The third-order valence-corrected chi connectivity index (χ3v) is 4.43. The summed E-state index contributed by atoms with van der Waals surface area (Å²) in [4.78, 5) is 13.3. The number of thiophene rings is 1. The van der Waals surface area contributed by atoms with E-state index in [1.807, 2.05) is 30.3 Å². The standard InChI is InChI=1S/C17H14O3S/c1-20-12-6-7-14(15(18)9-12)16(19)10-13-8-11-4-2-3-5-17(11)21-13/h2-9,18H,10H2,1H3. The second-order valence-electron chi connectivity index (χ2n) is 4.73. The Bertz CT molecular complexity index is 772. The Morgan fingerprint density at radius 2 is 2.00 bits per heavy atom. The molecular formula is C17H14O3S. The molecule has 0 amide bonds. The zero-order valence-electron chi connectivity index (χ0n) is 11.5. The van der Waals surface area contributed by atoms with Gasteiger partial charge in [0, 0.05) is 22.1 Å². The van der Waals surface area contributed by atoms with E-state index in [-0.39, 0.29) is 11.5 Å². The summed E-state index contributed by atoms with van der Waals surface area (Å²) in [5.74, 6) is 0.396. The van der Waals surface area contributed by atoms with Gasteiger partial charge in [-0.3, -0.25) is 4.79 Å². The van der Waals surface area contributed by atoms with E-state index < -0.39 is 0 Å². The number of methoxy groups -OCH3 is 1. The predicted molar refractivity (Wildman–Crippen MR) is 84.5 cm³/mol. The van der Waals surface area contributed by atoms with Crippen LogP contribution in [0.1, 0.15) is 15.2 Å². The molecule has 0 unspecified atom stereocenters. The quantitative estimate of drug-likeness (QED) is 0.739. The van der Waals surface area contributed by atoms with Gasteiger partial charge in [0.2, 0.25) is 0 Å². The first kappa shape index (κ1) is 13.6. The summed E-state index contributed by atoms with van der Waals surface area (Å²) in [6.45, 7) is 0. The minimum atomic E-state index is -0.0956. The highest BCUT2D eigenvalue weighted by Gasteiger charge is 2.14. The average molecular weight is 298 g/mol. The van der Waals surface area contributed by atoms with Crippen LogP contribution in [0.25, 0.3) is 10.1 Å². The van der Waals surface area contributed by atoms with Crippen molar-refractivity contribution < 1.29 is 14.6 Å². The van der Waals surface area contributed by atoms with Crippen molar-refractivity contribution in [2.45, 2.75) is 6.42 Å². The Kier molecular flexibility index (Phi) is 3.62. The Morgan fingerprint density at radius 1 is 1.19 bits per heavy atom. The largest absolute Gasteiger partial charge is 0.507 e. The van der Waals surface area contributed by atoms with E-state index in [0.29, 0.717) is 17.7 Å². The molecule has 21 heavy (non-hydrogen) atoms. The summed E-state index contributed by atoms with van der Waals surface area (Å²) in [5.41, 5.74) is 0.327.